The highest BCUT2D eigenvalue weighted by atomic mass is 16.6. The molecule has 0 spiro atoms. The van der Waals surface area contributed by atoms with Crippen molar-refractivity contribution in [2.45, 2.75) is 32.8 Å². The zero-order chi connectivity index (χ0) is 6.85. The smallest absolute Gasteiger partial charge is 0.309 e. The third-order valence-corrected chi connectivity index (χ3v) is 1.43. The van der Waals surface area contributed by atoms with Gasteiger partial charge >= 0.3 is 5.97 Å². The minimum Gasteiger partial charge on any atom is -0.462 e. The Kier molecular flexibility index (Phi) is 1.74. The van der Waals surface area contributed by atoms with Gasteiger partial charge in [0.2, 0.25) is 0 Å². The summed E-state index contributed by atoms with van der Waals surface area (Å²) in [4.78, 5) is 10.3. The van der Waals surface area contributed by atoms with Gasteiger partial charge in [0.05, 0.1) is 6.42 Å². The number of hydrogen-bond donors (Lipinski definition) is 0. The molecule has 1 heterocycles. The highest BCUT2D eigenvalue weighted by Gasteiger charge is 2.28. The molecule has 1 fully saturated rings. The van der Waals surface area contributed by atoms with Gasteiger partial charge in [0.1, 0.15) is 6.10 Å². The number of cyclic esters (lactones) is 1. The Morgan fingerprint density at radius 1 is 1.78 bits per heavy atom. The van der Waals surface area contributed by atoms with Crippen LogP contribution in [-0.2, 0) is 9.53 Å². The molecule has 0 saturated carbocycles. The highest BCUT2D eigenvalue weighted by molar-refractivity contribution is 5.75. The molecule has 1 atom stereocenters. The van der Waals surface area contributed by atoms with Crippen molar-refractivity contribution in [2.24, 2.45) is 5.92 Å². The van der Waals surface area contributed by atoms with Crippen LogP contribution in [0.5, 0.6) is 0 Å². The van der Waals surface area contributed by atoms with E-state index in [1.54, 1.807) is 0 Å². The van der Waals surface area contributed by atoms with Crippen LogP contribution in [0.2, 0.25) is 0 Å². The first-order valence-corrected chi connectivity index (χ1v) is 3.38. The summed E-state index contributed by atoms with van der Waals surface area (Å²) in [6.45, 7) is 4.26. The fourth-order valence-corrected chi connectivity index (χ4v) is 1.02. The van der Waals surface area contributed by atoms with E-state index in [0.717, 1.165) is 6.42 Å². The van der Waals surface area contributed by atoms with Crippen molar-refractivity contribution in [3.63, 3.8) is 0 Å². The van der Waals surface area contributed by atoms with Gasteiger partial charge in [-0.25, -0.2) is 0 Å². The van der Waals surface area contributed by atoms with Crippen LogP contribution in [0.4, 0.5) is 0 Å². The third kappa shape index (κ3) is 1.70. The van der Waals surface area contributed by atoms with E-state index in [4.69, 9.17) is 4.74 Å². The predicted molar refractivity (Wildman–Crippen MR) is 34.0 cm³/mol. The second kappa shape index (κ2) is 2.38. The Balaban J connectivity index is 2.11. The summed E-state index contributed by atoms with van der Waals surface area (Å²) in [5, 5.41) is 0. The Morgan fingerprint density at radius 3 is 2.67 bits per heavy atom. The van der Waals surface area contributed by atoms with Gasteiger partial charge in [0.25, 0.3) is 0 Å². The summed E-state index contributed by atoms with van der Waals surface area (Å²) >= 11 is 0. The fourth-order valence-electron chi connectivity index (χ4n) is 1.02. The Hall–Kier alpha value is -0.530. The molecule has 2 heteroatoms. The third-order valence-electron chi connectivity index (χ3n) is 1.43. The van der Waals surface area contributed by atoms with Crippen LogP contribution >= 0.6 is 0 Å². The Labute approximate surface area is 55.2 Å². The number of hydrogen-bond acceptors (Lipinski definition) is 2. The van der Waals surface area contributed by atoms with Crippen molar-refractivity contribution in [2.75, 3.05) is 0 Å². The summed E-state index contributed by atoms with van der Waals surface area (Å²) in [6.07, 6.45) is 1.89. The van der Waals surface area contributed by atoms with Gasteiger partial charge in [-0.3, -0.25) is 4.79 Å². The lowest BCUT2D eigenvalue weighted by atomic mass is 10.0. The standard InChI is InChI=1S/C7H12O2/c1-5(2)3-6-4-7(8)9-6/h5-6H,3-4H2,1-2H3. The topological polar surface area (TPSA) is 26.3 Å². The number of carbonyl (C=O) groups is 1. The summed E-state index contributed by atoms with van der Waals surface area (Å²) in [5.74, 6) is 0.601. The van der Waals surface area contributed by atoms with Crippen LogP contribution in [0.15, 0.2) is 0 Å². The van der Waals surface area contributed by atoms with Gasteiger partial charge in [0.15, 0.2) is 0 Å². The molecule has 0 aromatic rings. The lowest BCUT2D eigenvalue weighted by molar-refractivity contribution is -0.170. The average molecular weight is 128 g/mol. The van der Waals surface area contributed by atoms with E-state index in [9.17, 15) is 4.79 Å². The van der Waals surface area contributed by atoms with Gasteiger partial charge in [-0.15, -0.1) is 0 Å². The first-order chi connectivity index (χ1) is 4.18. The van der Waals surface area contributed by atoms with E-state index >= 15 is 0 Å². The van der Waals surface area contributed by atoms with Crippen molar-refractivity contribution < 1.29 is 9.53 Å². The number of rotatable bonds is 2. The van der Waals surface area contributed by atoms with Crippen LogP contribution in [-0.4, -0.2) is 12.1 Å². The lowest BCUT2D eigenvalue weighted by Crippen LogP contribution is -2.33. The Morgan fingerprint density at radius 2 is 2.33 bits per heavy atom. The summed E-state index contributed by atoms with van der Waals surface area (Å²) in [5.41, 5.74) is 0. The monoisotopic (exact) mass is 128 g/mol. The quantitative estimate of drug-likeness (QED) is 0.525. The van der Waals surface area contributed by atoms with E-state index in [1.807, 2.05) is 0 Å². The van der Waals surface area contributed by atoms with E-state index < -0.39 is 0 Å². The molecular weight excluding hydrogens is 116 g/mol. The number of esters is 1. The lowest BCUT2D eigenvalue weighted by Gasteiger charge is -2.26. The van der Waals surface area contributed by atoms with Crippen LogP contribution in [0, 0.1) is 5.92 Å². The average Bonchev–Trinajstić information content (AvgIpc) is 1.60. The van der Waals surface area contributed by atoms with Crippen LogP contribution in [0.1, 0.15) is 26.7 Å². The molecule has 0 aliphatic carbocycles. The van der Waals surface area contributed by atoms with E-state index in [1.165, 1.54) is 0 Å². The normalized spacial score (nSPS) is 25.7. The first-order valence-electron chi connectivity index (χ1n) is 3.38. The summed E-state index contributed by atoms with van der Waals surface area (Å²) in [6, 6.07) is 0. The molecule has 2 nitrogen and oxygen atoms in total. The molecule has 0 aromatic heterocycles. The predicted octanol–water partition coefficient (Wildman–Crippen LogP) is 1.35. The molecule has 1 rings (SSSR count). The first kappa shape index (κ1) is 6.59. The van der Waals surface area contributed by atoms with Gasteiger partial charge in [-0.2, -0.15) is 0 Å². The molecule has 1 aliphatic rings. The van der Waals surface area contributed by atoms with Crippen molar-refractivity contribution in [1.82, 2.24) is 0 Å². The van der Waals surface area contributed by atoms with Gasteiger partial charge in [-0.05, 0) is 12.3 Å². The van der Waals surface area contributed by atoms with Crippen molar-refractivity contribution in [1.29, 1.82) is 0 Å². The number of ether oxygens (including phenoxy) is 1. The van der Waals surface area contributed by atoms with E-state index in [0.29, 0.717) is 12.3 Å². The van der Waals surface area contributed by atoms with E-state index in [2.05, 4.69) is 13.8 Å². The molecule has 0 bridgehead atoms. The fraction of sp³-hybridized carbons (Fsp3) is 0.857. The van der Waals surface area contributed by atoms with Crippen molar-refractivity contribution in [3.8, 4) is 0 Å². The minimum absolute atomic E-state index is 0.0411. The molecule has 52 valence electrons. The van der Waals surface area contributed by atoms with Crippen LogP contribution in [0.3, 0.4) is 0 Å². The van der Waals surface area contributed by atoms with Gasteiger partial charge in [-0.1, -0.05) is 13.8 Å². The Bertz CT molecular complexity index is 110. The zero-order valence-electron chi connectivity index (χ0n) is 5.89. The molecule has 1 aliphatic heterocycles. The van der Waals surface area contributed by atoms with Crippen LogP contribution in [0.25, 0.3) is 0 Å². The van der Waals surface area contributed by atoms with Crippen molar-refractivity contribution in [3.05, 3.63) is 0 Å². The molecule has 0 N–H and O–H groups in total. The van der Waals surface area contributed by atoms with Gasteiger partial charge < -0.3 is 4.74 Å². The summed E-state index contributed by atoms with van der Waals surface area (Å²) in [7, 11) is 0. The maximum Gasteiger partial charge on any atom is 0.309 e. The molecule has 9 heavy (non-hydrogen) atoms. The molecular formula is C7H12O2. The SMILES string of the molecule is CC(C)CC1CC(=O)O1. The molecule has 1 saturated heterocycles. The molecule has 0 amide bonds. The second-order valence-electron chi connectivity index (χ2n) is 2.95. The zero-order valence-corrected chi connectivity index (χ0v) is 5.89. The second-order valence-corrected chi connectivity index (χ2v) is 2.95. The minimum atomic E-state index is -0.0411. The van der Waals surface area contributed by atoms with Crippen LogP contribution < -0.4 is 0 Å². The molecule has 0 aromatic carbocycles. The van der Waals surface area contributed by atoms with Crippen molar-refractivity contribution >= 4 is 5.97 Å². The largest absolute Gasteiger partial charge is 0.462 e. The number of carbonyl (C=O) groups excluding carboxylic acids is 1. The van der Waals surface area contributed by atoms with E-state index in [-0.39, 0.29) is 12.1 Å². The molecule has 0 radical (unpaired) electrons. The van der Waals surface area contributed by atoms with Gasteiger partial charge in [0, 0.05) is 0 Å². The maximum atomic E-state index is 10.3. The maximum absolute atomic E-state index is 10.3. The highest BCUT2D eigenvalue weighted by Crippen LogP contribution is 2.20. The molecule has 1 unspecified atom stereocenters. The summed E-state index contributed by atoms with van der Waals surface area (Å²) < 4.78 is 4.81.